The molecule has 0 radical (unpaired) electrons. The number of hydrogen-bond donors (Lipinski definition) is 0. The average Bonchev–Trinajstić information content (AvgIpc) is 2.18. The molecule has 0 N–H and O–H groups in total. The Morgan fingerprint density at radius 3 is 2.82 bits per heavy atom. The van der Waals surface area contributed by atoms with Crippen LogP contribution in [-0.4, -0.2) is 29.3 Å². The van der Waals surface area contributed by atoms with Crippen molar-refractivity contribution in [3.63, 3.8) is 0 Å². The number of nitrogens with zero attached hydrogens (tertiary/aromatic N) is 1. The van der Waals surface area contributed by atoms with Crippen LogP contribution in [0.25, 0.3) is 0 Å². The van der Waals surface area contributed by atoms with Gasteiger partial charge in [0.2, 0.25) is 0 Å². The van der Waals surface area contributed by atoms with Gasteiger partial charge in [0.25, 0.3) is 0 Å². The van der Waals surface area contributed by atoms with E-state index in [-0.39, 0.29) is 16.9 Å². The molecule has 2 fully saturated rings. The van der Waals surface area contributed by atoms with Gasteiger partial charge in [0.1, 0.15) is 5.78 Å². The van der Waals surface area contributed by atoms with Gasteiger partial charge in [0.15, 0.2) is 0 Å². The summed E-state index contributed by atoms with van der Waals surface area (Å²) in [6, 6.07) is 0. The lowest BCUT2D eigenvalue weighted by Gasteiger charge is -2.52. The Kier molecular flexibility index (Phi) is 3.19. The minimum absolute atomic E-state index is 0.115. The molecule has 0 aromatic carbocycles. The molecule has 1 aliphatic heterocycles. The van der Waals surface area contributed by atoms with Gasteiger partial charge in [0.05, 0.1) is 0 Å². The molecule has 1 heterocycles. The highest BCUT2D eigenvalue weighted by molar-refractivity contribution is 5.89. The molecule has 2 aliphatic rings. The van der Waals surface area contributed by atoms with E-state index in [0.29, 0.717) is 5.78 Å². The molecule has 2 rings (SSSR count). The van der Waals surface area contributed by atoms with E-state index in [0.717, 1.165) is 32.4 Å². The Morgan fingerprint density at radius 1 is 1.53 bits per heavy atom. The number of likely N-dealkylation sites (tertiary alicyclic amines) is 1. The van der Waals surface area contributed by atoms with Crippen molar-refractivity contribution in [2.24, 2.45) is 11.3 Å². The Balaban J connectivity index is 2.27. The molecule has 17 heavy (non-hydrogen) atoms. The van der Waals surface area contributed by atoms with E-state index in [1.807, 2.05) is 6.08 Å². The number of ketones is 1. The van der Waals surface area contributed by atoms with Crippen LogP contribution in [0.15, 0.2) is 12.7 Å². The van der Waals surface area contributed by atoms with Crippen molar-refractivity contribution >= 4 is 5.78 Å². The monoisotopic (exact) mass is 235 g/mol. The number of fused-ring (bicyclic) bond motifs is 2. The summed E-state index contributed by atoms with van der Waals surface area (Å²) >= 11 is 0. The molecule has 1 aliphatic carbocycles. The lowest BCUT2D eigenvalue weighted by molar-refractivity contribution is -0.147. The highest BCUT2D eigenvalue weighted by atomic mass is 16.1. The van der Waals surface area contributed by atoms with Crippen LogP contribution in [-0.2, 0) is 4.79 Å². The van der Waals surface area contributed by atoms with Gasteiger partial charge in [-0.15, -0.1) is 6.58 Å². The zero-order valence-electron chi connectivity index (χ0n) is 11.5. The topological polar surface area (TPSA) is 20.3 Å². The van der Waals surface area contributed by atoms with E-state index in [4.69, 9.17) is 0 Å². The lowest BCUT2D eigenvalue weighted by atomic mass is 9.63. The third-order valence-electron chi connectivity index (χ3n) is 4.52. The molecule has 96 valence electrons. The SMILES string of the molecule is C=CCC12CCCC(CN(C(C)(C)C)C1)C2=O. The van der Waals surface area contributed by atoms with Crippen molar-refractivity contribution in [3.8, 4) is 0 Å². The van der Waals surface area contributed by atoms with Gasteiger partial charge in [-0.25, -0.2) is 0 Å². The molecule has 1 saturated carbocycles. The van der Waals surface area contributed by atoms with E-state index >= 15 is 0 Å². The van der Waals surface area contributed by atoms with Crippen LogP contribution in [0.4, 0.5) is 0 Å². The first-order valence-corrected chi connectivity index (χ1v) is 6.79. The first-order valence-electron chi connectivity index (χ1n) is 6.79. The van der Waals surface area contributed by atoms with E-state index in [9.17, 15) is 4.79 Å². The number of rotatable bonds is 2. The third-order valence-corrected chi connectivity index (χ3v) is 4.52. The smallest absolute Gasteiger partial charge is 0.144 e. The fraction of sp³-hybridized carbons (Fsp3) is 0.800. The Bertz CT molecular complexity index is 328. The van der Waals surface area contributed by atoms with Crippen molar-refractivity contribution in [3.05, 3.63) is 12.7 Å². The van der Waals surface area contributed by atoms with E-state index < -0.39 is 0 Å². The molecule has 2 heteroatoms. The summed E-state index contributed by atoms with van der Waals surface area (Å²) in [7, 11) is 0. The number of carbonyl (C=O) groups excluding carboxylic acids is 1. The summed E-state index contributed by atoms with van der Waals surface area (Å²) in [5.74, 6) is 0.792. The van der Waals surface area contributed by atoms with E-state index in [1.165, 1.54) is 6.42 Å². The highest BCUT2D eigenvalue weighted by Crippen LogP contribution is 2.45. The molecule has 2 nitrogen and oxygen atoms in total. The zero-order chi connectivity index (χ0) is 12.7. The van der Waals surface area contributed by atoms with Gasteiger partial charge < -0.3 is 0 Å². The van der Waals surface area contributed by atoms with Crippen LogP contribution in [0.5, 0.6) is 0 Å². The summed E-state index contributed by atoms with van der Waals surface area (Å²) in [6.45, 7) is 12.5. The highest BCUT2D eigenvalue weighted by Gasteiger charge is 2.50. The number of hydrogen-bond acceptors (Lipinski definition) is 2. The first-order chi connectivity index (χ1) is 7.89. The summed E-state index contributed by atoms with van der Waals surface area (Å²) in [5.41, 5.74) is 0.0545. The van der Waals surface area contributed by atoms with Gasteiger partial charge in [-0.05, 0) is 40.0 Å². The molecule has 0 amide bonds. The predicted molar refractivity (Wildman–Crippen MR) is 70.9 cm³/mol. The molecular weight excluding hydrogens is 210 g/mol. The quantitative estimate of drug-likeness (QED) is 0.686. The number of carbonyl (C=O) groups is 1. The van der Waals surface area contributed by atoms with Crippen LogP contribution in [0.1, 0.15) is 46.5 Å². The Hall–Kier alpha value is -0.630. The maximum Gasteiger partial charge on any atom is 0.144 e. The van der Waals surface area contributed by atoms with E-state index in [2.05, 4.69) is 32.3 Å². The van der Waals surface area contributed by atoms with Crippen molar-refractivity contribution in [1.82, 2.24) is 4.90 Å². The number of allylic oxidation sites excluding steroid dienone is 1. The Labute approximate surface area is 105 Å². The van der Waals surface area contributed by atoms with Gasteiger partial charge >= 0.3 is 0 Å². The maximum absolute atomic E-state index is 12.5. The summed E-state index contributed by atoms with van der Waals surface area (Å²) in [4.78, 5) is 15.0. The summed E-state index contributed by atoms with van der Waals surface area (Å²) in [6.07, 6.45) is 6.15. The second kappa shape index (κ2) is 4.24. The average molecular weight is 235 g/mol. The van der Waals surface area contributed by atoms with Crippen LogP contribution in [0, 0.1) is 11.3 Å². The zero-order valence-corrected chi connectivity index (χ0v) is 11.5. The van der Waals surface area contributed by atoms with Gasteiger partial charge in [-0.3, -0.25) is 9.69 Å². The van der Waals surface area contributed by atoms with Crippen molar-refractivity contribution in [2.75, 3.05) is 13.1 Å². The molecule has 1 saturated heterocycles. The predicted octanol–water partition coefficient (Wildman–Crippen LogP) is 3.03. The summed E-state index contributed by atoms with van der Waals surface area (Å²) in [5, 5.41) is 0. The van der Waals surface area contributed by atoms with Crippen LogP contribution < -0.4 is 0 Å². The molecule has 2 unspecified atom stereocenters. The minimum atomic E-state index is -0.115. The third kappa shape index (κ3) is 2.20. The molecular formula is C15H25NO. The standard InChI is InChI=1S/C15H25NO/c1-5-8-15-9-6-7-12(13(15)17)10-16(11-15)14(2,3)4/h5,12H,1,6-11H2,2-4H3. The van der Waals surface area contributed by atoms with Crippen LogP contribution in [0.2, 0.25) is 0 Å². The largest absolute Gasteiger partial charge is 0.299 e. The maximum atomic E-state index is 12.5. The van der Waals surface area contributed by atoms with Crippen molar-refractivity contribution in [1.29, 1.82) is 0 Å². The minimum Gasteiger partial charge on any atom is -0.299 e. The lowest BCUT2D eigenvalue weighted by Crippen LogP contribution is -2.60. The first kappa shape index (κ1) is 12.8. The van der Waals surface area contributed by atoms with E-state index in [1.54, 1.807) is 0 Å². The number of Topliss-reactive ketones (excluding diaryl/α,β-unsaturated/α-hetero) is 1. The number of piperidine rings is 1. The fourth-order valence-corrected chi connectivity index (χ4v) is 3.46. The molecule has 0 spiro atoms. The second-order valence-corrected chi connectivity index (χ2v) is 6.78. The van der Waals surface area contributed by atoms with Crippen molar-refractivity contribution in [2.45, 2.75) is 52.0 Å². The van der Waals surface area contributed by atoms with Crippen molar-refractivity contribution < 1.29 is 4.79 Å². The molecule has 2 bridgehead atoms. The van der Waals surface area contributed by atoms with Crippen LogP contribution >= 0.6 is 0 Å². The van der Waals surface area contributed by atoms with Gasteiger partial charge in [-0.2, -0.15) is 0 Å². The molecule has 0 aromatic rings. The molecule has 0 aromatic heterocycles. The van der Waals surface area contributed by atoms with Gasteiger partial charge in [-0.1, -0.05) is 12.5 Å². The van der Waals surface area contributed by atoms with Gasteiger partial charge in [0, 0.05) is 30.0 Å². The summed E-state index contributed by atoms with van der Waals surface area (Å²) < 4.78 is 0. The molecule has 2 atom stereocenters. The fourth-order valence-electron chi connectivity index (χ4n) is 3.46. The van der Waals surface area contributed by atoms with Crippen LogP contribution in [0.3, 0.4) is 0 Å². The normalized spacial score (nSPS) is 34.8. The second-order valence-electron chi connectivity index (χ2n) is 6.78. The Morgan fingerprint density at radius 2 is 2.24 bits per heavy atom.